The first-order chi connectivity index (χ1) is 13.9. The van der Waals surface area contributed by atoms with Gasteiger partial charge in [-0.25, -0.2) is 0 Å². The number of amides is 1. The molecule has 1 fully saturated rings. The number of aryl methyl sites for hydroxylation is 1. The molecule has 2 aromatic carbocycles. The largest absolute Gasteiger partial charge is 0.461 e. The van der Waals surface area contributed by atoms with Crippen molar-refractivity contribution in [3.05, 3.63) is 82.1 Å². The number of nitro groups is 1. The number of non-ortho nitro benzene ring substituents is 1. The zero-order valence-corrected chi connectivity index (χ0v) is 17.0. The molecule has 8 heteroatoms. The summed E-state index contributed by atoms with van der Waals surface area (Å²) in [6.45, 7) is 1.99. The molecule has 0 N–H and O–H groups in total. The molecule has 1 aliphatic rings. The Labute approximate surface area is 176 Å². The molecule has 1 atom stereocenters. The van der Waals surface area contributed by atoms with E-state index >= 15 is 0 Å². The number of benzene rings is 2. The number of furan rings is 1. The maximum absolute atomic E-state index is 12.9. The van der Waals surface area contributed by atoms with Gasteiger partial charge in [0.15, 0.2) is 0 Å². The summed E-state index contributed by atoms with van der Waals surface area (Å²) in [4.78, 5) is 25.0. The van der Waals surface area contributed by atoms with E-state index in [0.717, 1.165) is 11.3 Å². The van der Waals surface area contributed by atoms with E-state index in [-0.39, 0.29) is 16.8 Å². The van der Waals surface area contributed by atoms with Crippen LogP contribution in [0.15, 0.2) is 65.1 Å². The van der Waals surface area contributed by atoms with Crippen molar-refractivity contribution in [1.29, 1.82) is 0 Å². The van der Waals surface area contributed by atoms with Crippen LogP contribution in [0, 0.1) is 17.0 Å². The number of carbonyl (C=O) groups is 1. The third-order valence-corrected chi connectivity index (χ3v) is 6.11. The van der Waals surface area contributed by atoms with Gasteiger partial charge in [0, 0.05) is 24.1 Å². The van der Waals surface area contributed by atoms with Gasteiger partial charge in [-0.3, -0.25) is 19.8 Å². The quantitative estimate of drug-likeness (QED) is 0.321. The molecule has 29 heavy (non-hydrogen) atoms. The highest BCUT2D eigenvalue weighted by Crippen LogP contribution is 2.35. The molecule has 0 bridgehead atoms. The maximum Gasteiger partial charge on any atom is 0.270 e. The second kappa shape index (κ2) is 7.81. The third kappa shape index (κ3) is 3.94. The molecule has 0 aliphatic carbocycles. The van der Waals surface area contributed by atoms with Crippen molar-refractivity contribution in [1.82, 2.24) is 0 Å². The van der Waals surface area contributed by atoms with Gasteiger partial charge >= 0.3 is 0 Å². The predicted octanol–water partition coefficient (Wildman–Crippen LogP) is 5.14. The van der Waals surface area contributed by atoms with Gasteiger partial charge in [-0.1, -0.05) is 53.8 Å². The molecule has 1 saturated heterocycles. The summed E-state index contributed by atoms with van der Waals surface area (Å²) in [5.74, 6) is 1.08. The minimum Gasteiger partial charge on any atom is -0.461 e. The van der Waals surface area contributed by atoms with Crippen LogP contribution >= 0.6 is 24.0 Å². The number of thiocarbonyl (C=S) groups is 1. The van der Waals surface area contributed by atoms with Crippen molar-refractivity contribution in [3.63, 3.8) is 0 Å². The molecule has 3 aromatic rings. The Hall–Kier alpha value is -2.97. The Bertz CT molecular complexity index is 1110. The number of hydrogen-bond donors (Lipinski definition) is 0. The summed E-state index contributed by atoms with van der Waals surface area (Å²) in [6.07, 6.45) is 0.390. The average molecular weight is 425 g/mol. The standard InChI is InChI=1S/C21H16N2O4S2/c1-13-5-7-15(8-6-13)22-20(24)19(29-21(22)28)12-17-9-10-18(27-17)14-3-2-4-16(11-14)23(25)26/h2-11,19H,12H2,1H3/t19-/m1/s1. The van der Waals surface area contributed by atoms with Gasteiger partial charge in [0.2, 0.25) is 5.91 Å². The van der Waals surface area contributed by atoms with Crippen molar-refractivity contribution in [2.24, 2.45) is 0 Å². The number of nitro benzene ring substituents is 1. The van der Waals surface area contributed by atoms with Gasteiger partial charge in [-0.05, 0) is 31.2 Å². The molecular weight excluding hydrogens is 408 g/mol. The van der Waals surface area contributed by atoms with Crippen LogP contribution in [0.3, 0.4) is 0 Å². The van der Waals surface area contributed by atoms with Crippen LogP contribution in [0.5, 0.6) is 0 Å². The Balaban J connectivity index is 1.51. The van der Waals surface area contributed by atoms with Gasteiger partial charge < -0.3 is 4.42 Å². The summed E-state index contributed by atoms with van der Waals surface area (Å²) in [6, 6.07) is 17.5. The minimum atomic E-state index is -0.443. The number of thioether (sulfide) groups is 1. The molecule has 1 amide bonds. The molecule has 6 nitrogen and oxygen atoms in total. The van der Waals surface area contributed by atoms with Crippen LogP contribution in [0.4, 0.5) is 11.4 Å². The summed E-state index contributed by atoms with van der Waals surface area (Å²) in [7, 11) is 0. The molecule has 2 heterocycles. The zero-order valence-electron chi connectivity index (χ0n) is 15.4. The first kappa shape index (κ1) is 19.4. The topological polar surface area (TPSA) is 76.6 Å². The third-order valence-electron chi connectivity index (χ3n) is 4.60. The lowest BCUT2D eigenvalue weighted by atomic mass is 10.1. The molecule has 146 valence electrons. The normalized spacial score (nSPS) is 16.4. The van der Waals surface area contributed by atoms with Crippen molar-refractivity contribution in [3.8, 4) is 11.3 Å². The first-order valence-electron chi connectivity index (χ1n) is 8.87. The van der Waals surface area contributed by atoms with Crippen LogP contribution in [0.1, 0.15) is 11.3 Å². The average Bonchev–Trinajstić information content (AvgIpc) is 3.28. The SMILES string of the molecule is Cc1ccc(N2C(=O)[C@@H](Cc3ccc(-c4cccc([N+](=O)[O-])c4)o3)SC2=S)cc1. The van der Waals surface area contributed by atoms with Crippen molar-refractivity contribution < 1.29 is 14.1 Å². The number of rotatable bonds is 5. The molecular formula is C21H16N2O4S2. The first-order valence-corrected chi connectivity index (χ1v) is 10.2. The lowest BCUT2D eigenvalue weighted by molar-refractivity contribution is -0.384. The number of nitrogens with zero attached hydrogens (tertiary/aromatic N) is 2. The maximum atomic E-state index is 12.9. The van der Waals surface area contributed by atoms with Crippen molar-refractivity contribution in [2.75, 3.05) is 4.90 Å². The van der Waals surface area contributed by atoms with Crippen molar-refractivity contribution >= 4 is 45.6 Å². The highest BCUT2D eigenvalue weighted by Gasteiger charge is 2.38. The molecule has 0 radical (unpaired) electrons. The summed E-state index contributed by atoms with van der Waals surface area (Å²) in [5.41, 5.74) is 2.49. The van der Waals surface area contributed by atoms with E-state index in [1.807, 2.05) is 31.2 Å². The van der Waals surface area contributed by atoms with E-state index in [9.17, 15) is 14.9 Å². The minimum absolute atomic E-state index is 0.000986. The summed E-state index contributed by atoms with van der Waals surface area (Å²) in [5, 5.41) is 10.6. The molecule has 0 saturated carbocycles. The predicted molar refractivity (Wildman–Crippen MR) is 117 cm³/mol. The Morgan fingerprint density at radius 2 is 1.93 bits per heavy atom. The van der Waals surface area contributed by atoms with E-state index < -0.39 is 4.92 Å². The van der Waals surface area contributed by atoms with Crippen molar-refractivity contribution in [2.45, 2.75) is 18.6 Å². The highest BCUT2D eigenvalue weighted by molar-refractivity contribution is 8.25. The second-order valence-corrected chi connectivity index (χ2v) is 8.50. The van der Waals surface area contributed by atoms with Crippen LogP contribution in [-0.2, 0) is 11.2 Å². The van der Waals surface area contributed by atoms with Gasteiger partial charge in [-0.2, -0.15) is 0 Å². The second-order valence-electron chi connectivity index (χ2n) is 6.66. The monoisotopic (exact) mass is 424 g/mol. The molecule has 1 aliphatic heterocycles. The zero-order chi connectivity index (χ0) is 20.5. The lowest BCUT2D eigenvalue weighted by Gasteiger charge is -2.15. The number of carbonyl (C=O) groups excluding carboxylic acids is 1. The lowest BCUT2D eigenvalue weighted by Crippen LogP contribution is -2.31. The van der Waals surface area contributed by atoms with Crippen LogP contribution in [-0.4, -0.2) is 20.4 Å². The fourth-order valence-corrected chi connectivity index (χ4v) is 4.65. The molecule has 1 aromatic heterocycles. The fourth-order valence-electron chi connectivity index (χ4n) is 3.11. The smallest absolute Gasteiger partial charge is 0.270 e. The highest BCUT2D eigenvalue weighted by atomic mass is 32.2. The Morgan fingerprint density at radius 3 is 2.66 bits per heavy atom. The van der Waals surface area contributed by atoms with Gasteiger partial charge in [-0.15, -0.1) is 0 Å². The molecule has 0 unspecified atom stereocenters. The number of anilines is 1. The van der Waals surface area contributed by atoms with Gasteiger partial charge in [0.05, 0.1) is 15.9 Å². The van der Waals surface area contributed by atoms with Crippen LogP contribution in [0.25, 0.3) is 11.3 Å². The van der Waals surface area contributed by atoms with E-state index in [1.165, 1.54) is 23.9 Å². The van der Waals surface area contributed by atoms with Gasteiger partial charge in [0.1, 0.15) is 15.8 Å². The van der Waals surface area contributed by atoms with E-state index in [1.54, 1.807) is 29.2 Å². The van der Waals surface area contributed by atoms with E-state index in [0.29, 0.717) is 27.8 Å². The Kier molecular flexibility index (Phi) is 5.21. The van der Waals surface area contributed by atoms with Crippen LogP contribution in [0.2, 0.25) is 0 Å². The van der Waals surface area contributed by atoms with Crippen LogP contribution < -0.4 is 4.90 Å². The van der Waals surface area contributed by atoms with E-state index in [4.69, 9.17) is 16.6 Å². The Morgan fingerprint density at radius 1 is 1.17 bits per heavy atom. The number of hydrogen-bond acceptors (Lipinski definition) is 6. The van der Waals surface area contributed by atoms with E-state index in [2.05, 4.69) is 0 Å². The van der Waals surface area contributed by atoms with Gasteiger partial charge in [0.25, 0.3) is 5.69 Å². The fraction of sp³-hybridized carbons (Fsp3) is 0.143. The molecule has 0 spiro atoms. The molecule has 4 rings (SSSR count). The summed E-state index contributed by atoms with van der Waals surface area (Å²) >= 11 is 6.77. The summed E-state index contributed by atoms with van der Waals surface area (Å²) < 4.78 is 6.38.